The lowest BCUT2D eigenvalue weighted by atomic mass is 9.91. The minimum atomic E-state index is 0.102. The molecule has 0 unspecified atom stereocenters. The zero-order chi connectivity index (χ0) is 16.8. The summed E-state index contributed by atoms with van der Waals surface area (Å²) in [6.45, 7) is 11.8. The molecule has 0 bridgehead atoms. The van der Waals surface area contributed by atoms with E-state index in [4.69, 9.17) is 0 Å². The molecule has 126 valence electrons. The molecular formula is C17H32N4S. The first-order chi connectivity index (χ1) is 10.2. The van der Waals surface area contributed by atoms with Crippen LogP contribution in [0.5, 0.6) is 0 Å². The van der Waals surface area contributed by atoms with E-state index in [2.05, 4.69) is 79.8 Å². The second kappa shape index (κ2) is 7.97. The molecule has 5 heteroatoms. The van der Waals surface area contributed by atoms with Gasteiger partial charge in [-0.25, -0.2) is 0 Å². The van der Waals surface area contributed by atoms with Gasteiger partial charge < -0.3 is 15.5 Å². The molecule has 0 spiro atoms. The van der Waals surface area contributed by atoms with Crippen molar-refractivity contribution in [3.63, 3.8) is 0 Å². The lowest BCUT2D eigenvalue weighted by molar-refractivity contribution is 0.241. The molecule has 0 saturated heterocycles. The molecule has 0 fully saturated rings. The highest BCUT2D eigenvalue weighted by molar-refractivity contribution is 7.10. The summed E-state index contributed by atoms with van der Waals surface area (Å²) in [6.07, 6.45) is 0. The molecule has 0 aromatic carbocycles. The predicted molar refractivity (Wildman–Crippen MR) is 99.0 cm³/mol. The molecule has 0 atom stereocenters. The van der Waals surface area contributed by atoms with Crippen molar-refractivity contribution in [3.8, 4) is 0 Å². The lowest BCUT2D eigenvalue weighted by Crippen LogP contribution is -2.47. The molecule has 2 N–H and O–H groups in total. The maximum atomic E-state index is 4.34. The fourth-order valence-corrected chi connectivity index (χ4v) is 3.36. The summed E-state index contributed by atoms with van der Waals surface area (Å²) >= 11 is 1.81. The summed E-state index contributed by atoms with van der Waals surface area (Å²) in [5.74, 6) is 0.872. The van der Waals surface area contributed by atoms with Gasteiger partial charge in [-0.15, -0.1) is 11.3 Å². The molecule has 0 aliphatic carbocycles. The summed E-state index contributed by atoms with van der Waals surface area (Å²) in [5.41, 5.74) is 0.301. The molecule has 4 nitrogen and oxygen atoms in total. The van der Waals surface area contributed by atoms with Crippen molar-refractivity contribution in [1.29, 1.82) is 0 Å². The van der Waals surface area contributed by atoms with Crippen LogP contribution < -0.4 is 10.6 Å². The van der Waals surface area contributed by atoms with Crippen molar-refractivity contribution in [2.24, 2.45) is 10.4 Å². The van der Waals surface area contributed by atoms with E-state index in [1.807, 2.05) is 18.4 Å². The van der Waals surface area contributed by atoms with Crippen molar-refractivity contribution in [1.82, 2.24) is 15.5 Å². The van der Waals surface area contributed by atoms with Crippen LogP contribution >= 0.6 is 11.3 Å². The van der Waals surface area contributed by atoms with Gasteiger partial charge in [0.15, 0.2) is 5.96 Å². The average Bonchev–Trinajstić information content (AvgIpc) is 2.91. The zero-order valence-electron chi connectivity index (χ0n) is 15.2. The third kappa shape index (κ3) is 6.36. The number of nitrogens with zero attached hydrogens (tertiary/aromatic N) is 2. The normalized spacial score (nSPS) is 13.5. The summed E-state index contributed by atoms with van der Waals surface area (Å²) < 4.78 is 0. The summed E-state index contributed by atoms with van der Waals surface area (Å²) in [4.78, 5) is 7.95. The number of aliphatic imine (C=N–C) groups is 1. The van der Waals surface area contributed by atoms with Gasteiger partial charge in [0.2, 0.25) is 0 Å². The number of guanidine groups is 1. The summed E-state index contributed by atoms with van der Waals surface area (Å²) in [7, 11) is 6.04. The van der Waals surface area contributed by atoms with E-state index in [1.165, 1.54) is 4.88 Å². The van der Waals surface area contributed by atoms with Gasteiger partial charge in [-0.1, -0.05) is 33.8 Å². The van der Waals surface area contributed by atoms with Gasteiger partial charge in [0.05, 0.1) is 0 Å². The number of nitrogens with one attached hydrogen (secondary N) is 2. The highest BCUT2D eigenvalue weighted by Crippen LogP contribution is 2.26. The molecule has 22 heavy (non-hydrogen) atoms. The number of hydrogen-bond donors (Lipinski definition) is 2. The Morgan fingerprint density at radius 2 is 1.82 bits per heavy atom. The molecule has 1 aromatic rings. The van der Waals surface area contributed by atoms with Crippen LogP contribution in [0.3, 0.4) is 0 Å². The molecule has 0 radical (unpaired) electrons. The smallest absolute Gasteiger partial charge is 0.191 e. The van der Waals surface area contributed by atoms with Crippen LogP contribution in [-0.4, -0.2) is 51.6 Å². The van der Waals surface area contributed by atoms with Crippen molar-refractivity contribution >= 4 is 17.3 Å². The van der Waals surface area contributed by atoms with Crippen LogP contribution in [-0.2, 0) is 5.41 Å². The van der Waals surface area contributed by atoms with E-state index < -0.39 is 0 Å². The van der Waals surface area contributed by atoms with Crippen LogP contribution in [0.2, 0.25) is 0 Å². The first-order valence-electron chi connectivity index (χ1n) is 7.79. The van der Waals surface area contributed by atoms with Gasteiger partial charge in [-0.3, -0.25) is 4.99 Å². The molecule has 0 amide bonds. The molecule has 0 aliphatic heterocycles. The Balaban J connectivity index is 2.50. The van der Waals surface area contributed by atoms with Gasteiger partial charge in [0.25, 0.3) is 0 Å². The maximum Gasteiger partial charge on any atom is 0.191 e. The Labute approximate surface area is 140 Å². The van der Waals surface area contributed by atoms with Crippen LogP contribution in [0, 0.1) is 5.41 Å². The fourth-order valence-electron chi connectivity index (χ4n) is 2.51. The quantitative estimate of drug-likeness (QED) is 0.598. The monoisotopic (exact) mass is 324 g/mol. The van der Waals surface area contributed by atoms with Crippen molar-refractivity contribution < 1.29 is 0 Å². The van der Waals surface area contributed by atoms with Gasteiger partial charge in [0, 0.05) is 37.0 Å². The topological polar surface area (TPSA) is 39.7 Å². The molecular weight excluding hydrogens is 292 g/mol. The minimum Gasteiger partial charge on any atom is -0.356 e. The largest absolute Gasteiger partial charge is 0.356 e. The fraction of sp³-hybridized carbons (Fsp3) is 0.706. The Morgan fingerprint density at radius 3 is 2.32 bits per heavy atom. The predicted octanol–water partition coefficient (Wildman–Crippen LogP) is 2.78. The van der Waals surface area contributed by atoms with Crippen molar-refractivity contribution in [2.45, 2.75) is 33.1 Å². The van der Waals surface area contributed by atoms with Crippen LogP contribution in [0.15, 0.2) is 22.5 Å². The third-order valence-electron chi connectivity index (χ3n) is 3.59. The third-order valence-corrected chi connectivity index (χ3v) is 4.82. The molecule has 1 aromatic heterocycles. The number of thiophene rings is 1. The van der Waals surface area contributed by atoms with Gasteiger partial charge in [0.1, 0.15) is 0 Å². The number of rotatable bonds is 7. The Hall–Kier alpha value is -1.07. The first-order valence-corrected chi connectivity index (χ1v) is 8.67. The SMILES string of the molecule is CN=C(NCC(C)(C)CN(C)C)NCC(C)(C)c1cccs1. The minimum absolute atomic E-state index is 0.102. The highest BCUT2D eigenvalue weighted by Gasteiger charge is 2.23. The van der Waals surface area contributed by atoms with Crippen LogP contribution in [0.25, 0.3) is 0 Å². The van der Waals surface area contributed by atoms with E-state index in [-0.39, 0.29) is 10.8 Å². The molecule has 0 saturated carbocycles. The number of hydrogen-bond acceptors (Lipinski definition) is 3. The second-order valence-corrected chi connectivity index (χ2v) is 8.49. The second-order valence-electron chi connectivity index (χ2n) is 7.54. The summed E-state index contributed by atoms with van der Waals surface area (Å²) in [6, 6.07) is 4.31. The van der Waals surface area contributed by atoms with E-state index in [9.17, 15) is 0 Å². The van der Waals surface area contributed by atoms with E-state index in [0.717, 1.165) is 25.6 Å². The van der Waals surface area contributed by atoms with Crippen LogP contribution in [0.4, 0.5) is 0 Å². The first kappa shape index (κ1) is 19.0. The van der Waals surface area contributed by atoms with Crippen molar-refractivity contribution in [3.05, 3.63) is 22.4 Å². The van der Waals surface area contributed by atoms with E-state index in [1.54, 1.807) is 0 Å². The zero-order valence-corrected chi connectivity index (χ0v) is 16.0. The van der Waals surface area contributed by atoms with Crippen molar-refractivity contribution in [2.75, 3.05) is 40.8 Å². The highest BCUT2D eigenvalue weighted by atomic mass is 32.1. The molecule has 1 rings (SSSR count). The van der Waals surface area contributed by atoms with Gasteiger partial charge in [-0.05, 0) is 31.0 Å². The Morgan fingerprint density at radius 1 is 1.18 bits per heavy atom. The Bertz CT molecular complexity index is 461. The van der Waals surface area contributed by atoms with Gasteiger partial charge >= 0.3 is 0 Å². The van der Waals surface area contributed by atoms with E-state index >= 15 is 0 Å². The lowest BCUT2D eigenvalue weighted by Gasteiger charge is -2.30. The average molecular weight is 325 g/mol. The Kier molecular flexibility index (Phi) is 6.88. The summed E-state index contributed by atoms with van der Waals surface area (Å²) in [5, 5.41) is 9.04. The standard InChI is InChI=1S/C17H32N4S/c1-16(2,13-21(6)7)11-19-15(18-5)20-12-17(3,4)14-9-8-10-22-14/h8-10H,11-13H2,1-7H3,(H2,18,19,20). The molecule has 0 aliphatic rings. The van der Waals surface area contributed by atoms with Crippen LogP contribution in [0.1, 0.15) is 32.6 Å². The van der Waals surface area contributed by atoms with E-state index in [0.29, 0.717) is 0 Å². The molecule has 1 heterocycles. The van der Waals surface area contributed by atoms with Gasteiger partial charge in [-0.2, -0.15) is 0 Å². The maximum absolute atomic E-state index is 4.34.